The van der Waals surface area contributed by atoms with E-state index in [4.69, 9.17) is 9.47 Å². The predicted octanol–water partition coefficient (Wildman–Crippen LogP) is 2.37. The molecule has 2 aromatic carbocycles. The molecule has 0 radical (unpaired) electrons. The molecular weight excluding hydrogens is 530 g/mol. The highest BCUT2D eigenvalue weighted by molar-refractivity contribution is 7.89. The van der Waals surface area contributed by atoms with Crippen molar-refractivity contribution >= 4 is 28.3 Å². The quantitative estimate of drug-likeness (QED) is 0.251. The number of hydrogen-bond donors (Lipinski definition) is 3. The molecule has 3 N–H and O–H groups in total. The van der Waals surface area contributed by atoms with E-state index in [-0.39, 0.29) is 37.7 Å². The van der Waals surface area contributed by atoms with Crippen LogP contribution in [0.4, 0.5) is 0 Å². The van der Waals surface area contributed by atoms with Crippen LogP contribution in [0.2, 0.25) is 0 Å². The number of sulfonamides is 1. The van der Waals surface area contributed by atoms with Crippen LogP contribution >= 0.6 is 12.4 Å². The van der Waals surface area contributed by atoms with Gasteiger partial charge in [0.1, 0.15) is 5.75 Å². The predicted molar refractivity (Wildman–Crippen MR) is 152 cm³/mol. The monoisotopic (exact) mass is 571 g/mol. The summed E-state index contributed by atoms with van der Waals surface area (Å²) in [4.78, 5) is 12.8. The van der Waals surface area contributed by atoms with Crippen molar-refractivity contribution in [3.05, 3.63) is 65.7 Å². The van der Waals surface area contributed by atoms with E-state index in [2.05, 4.69) is 10.6 Å². The van der Waals surface area contributed by atoms with Gasteiger partial charge in [0.15, 0.2) is 0 Å². The summed E-state index contributed by atoms with van der Waals surface area (Å²) in [6.45, 7) is 3.59. The van der Waals surface area contributed by atoms with Crippen LogP contribution in [-0.4, -0.2) is 82.1 Å². The lowest BCUT2D eigenvalue weighted by molar-refractivity contribution is -0.122. The zero-order valence-corrected chi connectivity index (χ0v) is 24.1. The molecule has 2 aromatic rings. The largest absolute Gasteiger partial charge is 0.497 e. The number of amides is 1. The summed E-state index contributed by atoms with van der Waals surface area (Å²) in [7, 11) is -0.478. The number of halogens is 1. The third kappa shape index (κ3) is 12.1. The van der Waals surface area contributed by atoms with Crippen LogP contribution < -0.4 is 15.4 Å². The molecule has 214 valence electrons. The van der Waals surface area contributed by atoms with Gasteiger partial charge in [0, 0.05) is 39.7 Å². The lowest BCUT2D eigenvalue weighted by atomic mass is 10.0. The molecule has 2 atom stereocenters. The summed E-state index contributed by atoms with van der Waals surface area (Å²) in [6, 6.07) is 16.6. The number of ether oxygens (including phenoxy) is 2. The zero-order chi connectivity index (χ0) is 27.1. The van der Waals surface area contributed by atoms with Gasteiger partial charge in [-0.05, 0) is 36.1 Å². The van der Waals surface area contributed by atoms with E-state index in [1.54, 1.807) is 7.11 Å². The van der Waals surface area contributed by atoms with Gasteiger partial charge in [-0.3, -0.25) is 4.79 Å². The Morgan fingerprint density at radius 3 is 2.42 bits per heavy atom. The van der Waals surface area contributed by atoms with Gasteiger partial charge in [0.2, 0.25) is 15.9 Å². The molecule has 0 spiro atoms. The molecule has 9 nitrogen and oxygen atoms in total. The average molecular weight is 572 g/mol. The summed E-state index contributed by atoms with van der Waals surface area (Å²) in [5, 5.41) is 17.0. The summed E-state index contributed by atoms with van der Waals surface area (Å²) < 4.78 is 37.2. The second-order valence-electron chi connectivity index (χ2n) is 8.87. The second-order valence-corrected chi connectivity index (χ2v) is 11.0. The standard InChI is InChI=1S/C27H41N3O6S.ClH/c1-4-14-30(15-16-35-2)37(33,34)17-13-27(32)29-25(19-22-9-6-5-7-10-22)26(31)21-28-20-23-11-8-12-24(18-23)36-3;/h5-12,18,25-26,28,31H,4,13-17,19-21H2,1-3H3,(H,29,32);1H/t25-,26+;/m0./s1. The Hall–Kier alpha value is -2.21. The van der Waals surface area contributed by atoms with Crippen molar-refractivity contribution in [1.29, 1.82) is 0 Å². The molecule has 0 saturated carbocycles. The maximum atomic E-state index is 12.8. The first-order chi connectivity index (χ1) is 17.8. The molecule has 0 aliphatic heterocycles. The first-order valence-electron chi connectivity index (χ1n) is 12.6. The van der Waals surface area contributed by atoms with Crippen LogP contribution in [-0.2, 0) is 32.5 Å². The number of nitrogens with zero attached hydrogens (tertiary/aromatic N) is 1. The molecular formula is C27H42ClN3O6S. The molecule has 0 unspecified atom stereocenters. The van der Waals surface area contributed by atoms with Gasteiger partial charge in [-0.1, -0.05) is 49.4 Å². The van der Waals surface area contributed by atoms with Crippen LogP contribution in [0.25, 0.3) is 0 Å². The van der Waals surface area contributed by atoms with Crippen LogP contribution in [0.1, 0.15) is 30.9 Å². The topological polar surface area (TPSA) is 117 Å². The fraction of sp³-hybridized carbons (Fsp3) is 0.519. The Labute approximate surface area is 233 Å². The Bertz CT molecular complexity index is 1040. The van der Waals surface area contributed by atoms with Crippen molar-refractivity contribution in [2.75, 3.05) is 46.2 Å². The molecule has 2 rings (SSSR count). The van der Waals surface area contributed by atoms with Crippen molar-refractivity contribution in [3.8, 4) is 5.75 Å². The van der Waals surface area contributed by atoms with Gasteiger partial charge in [-0.25, -0.2) is 8.42 Å². The molecule has 1 amide bonds. The molecule has 0 aliphatic carbocycles. The van der Waals surface area contributed by atoms with Gasteiger partial charge in [0.25, 0.3) is 0 Å². The number of carbonyl (C=O) groups excluding carboxylic acids is 1. The average Bonchev–Trinajstić information content (AvgIpc) is 2.90. The first-order valence-corrected chi connectivity index (χ1v) is 14.2. The smallest absolute Gasteiger partial charge is 0.221 e. The van der Waals surface area contributed by atoms with Crippen molar-refractivity contribution in [2.24, 2.45) is 0 Å². The molecule has 0 saturated heterocycles. The van der Waals surface area contributed by atoms with Crippen LogP contribution in [0.15, 0.2) is 54.6 Å². The van der Waals surface area contributed by atoms with Gasteiger partial charge >= 0.3 is 0 Å². The summed E-state index contributed by atoms with van der Waals surface area (Å²) in [6.07, 6.45) is 0.00944. The Morgan fingerprint density at radius 1 is 1.05 bits per heavy atom. The van der Waals surface area contributed by atoms with E-state index < -0.39 is 28.1 Å². The second kappa shape index (κ2) is 18.1. The van der Waals surface area contributed by atoms with Crippen LogP contribution in [0.3, 0.4) is 0 Å². The Morgan fingerprint density at radius 2 is 1.76 bits per heavy atom. The SMILES string of the molecule is CCCN(CCOC)S(=O)(=O)CCC(=O)N[C@@H](Cc1ccccc1)[C@H](O)CNCc1cccc(OC)c1.Cl. The van der Waals surface area contributed by atoms with Crippen LogP contribution in [0.5, 0.6) is 5.75 Å². The van der Waals surface area contributed by atoms with Crippen molar-refractivity contribution < 1.29 is 27.8 Å². The van der Waals surface area contributed by atoms with E-state index >= 15 is 0 Å². The van der Waals surface area contributed by atoms with Crippen molar-refractivity contribution in [1.82, 2.24) is 14.9 Å². The molecule has 0 aromatic heterocycles. The van der Waals surface area contributed by atoms with Gasteiger partial charge in [0.05, 0.1) is 31.6 Å². The van der Waals surface area contributed by atoms with Crippen LogP contribution in [0, 0.1) is 0 Å². The summed E-state index contributed by atoms with van der Waals surface area (Å²) in [5.41, 5.74) is 1.96. The number of carbonyl (C=O) groups is 1. The van der Waals surface area contributed by atoms with Crippen molar-refractivity contribution in [2.45, 2.75) is 44.9 Å². The Kier molecular flexibility index (Phi) is 16.1. The fourth-order valence-corrected chi connectivity index (χ4v) is 5.42. The summed E-state index contributed by atoms with van der Waals surface area (Å²) >= 11 is 0. The fourth-order valence-electron chi connectivity index (χ4n) is 3.90. The lowest BCUT2D eigenvalue weighted by Gasteiger charge is -2.25. The molecule has 0 bridgehead atoms. The van der Waals surface area contributed by atoms with Gasteiger partial charge < -0.3 is 25.2 Å². The minimum absolute atomic E-state index is 0. The third-order valence-electron chi connectivity index (χ3n) is 5.92. The van der Waals surface area contributed by atoms with E-state index in [0.29, 0.717) is 32.5 Å². The number of rotatable bonds is 18. The number of methoxy groups -OCH3 is 2. The highest BCUT2D eigenvalue weighted by Crippen LogP contribution is 2.13. The van der Waals surface area contributed by atoms with Gasteiger partial charge in [-0.2, -0.15) is 4.31 Å². The Balaban J connectivity index is 0.00000722. The first kappa shape index (κ1) is 33.8. The number of aliphatic hydroxyl groups is 1. The highest BCUT2D eigenvalue weighted by atomic mass is 35.5. The van der Waals surface area contributed by atoms with E-state index in [9.17, 15) is 18.3 Å². The number of hydrogen-bond acceptors (Lipinski definition) is 7. The normalized spacial score (nSPS) is 13.0. The zero-order valence-electron chi connectivity index (χ0n) is 22.5. The number of nitrogens with one attached hydrogen (secondary N) is 2. The molecule has 0 fully saturated rings. The number of benzene rings is 2. The maximum Gasteiger partial charge on any atom is 0.221 e. The lowest BCUT2D eigenvalue weighted by Crippen LogP contribution is -2.49. The molecule has 11 heteroatoms. The minimum atomic E-state index is -3.61. The third-order valence-corrected chi connectivity index (χ3v) is 7.80. The van der Waals surface area contributed by atoms with E-state index in [0.717, 1.165) is 16.9 Å². The maximum absolute atomic E-state index is 12.8. The molecule has 0 heterocycles. The van der Waals surface area contributed by atoms with Gasteiger partial charge in [-0.15, -0.1) is 12.4 Å². The molecule has 38 heavy (non-hydrogen) atoms. The minimum Gasteiger partial charge on any atom is -0.497 e. The molecule has 0 aliphatic rings. The van der Waals surface area contributed by atoms with E-state index in [1.165, 1.54) is 11.4 Å². The van der Waals surface area contributed by atoms with Crippen molar-refractivity contribution in [3.63, 3.8) is 0 Å². The number of aliphatic hydroxyl groups excluding tert-OH is 1. The highest BCUT2D eigenvalue weighted by Gasteiger charge is 2.25. The summed E-state index contributed by atoms with van der Waals surface area (Å²) in [5.74, 6) is 0.0356. The van der Waals surface area contributed by atoms with E-state index in [1.807, 2.05) is 61.5 Å².